The summed E-state index contributed by atoms with van der Waals surface area (Å²) >= 11 is 0. The molecule has 1 aromatic carbocycles. The van der Waals surface area contributed by atoms with Gasteiger partial charge in [0.25, 0.3) is 0 Å². The number of nitrogens with one attached hydrogen (secondary N) is 1. The molecular formula is C13H20F2N2. The third-order valence-corrected chi connectivity index (χ3v) is 3.16. The molecule has 0 heterocycles. The first-order valence-electron chi connectivity index (χ1n) is 5.83. The van der Waals surface area contributed by atoms with Crippen molar-refractivity contribution in [2.45, 2.75) is 19.9 Å². The first kappa shape index (κ1) is 14.1. The minimum absolute atomic E-state index is 0.0660. The SMILES string of the molecule is CNC(c1cc(F)ccc1F)C(CN)C(C)C. The Morgan fingerprint density at radius 2 is 1.94 bits per heavy atom. The van der Waals surface area contributed by atoms with E-state index in [-0.39, 0.29) is 12.0 Å². The van der Waals surface area contributed by atoms with Gasteiger partial charge in [-0.2, -0.15) is 0 Å². The first-order chi connectivity index (χ1) is 8.01. The Bertz CT molecular complexity index is 366. The monoisotopic (exact) mass is 242 g/mol. The highest BCUT2D eigenvalue weighted by Crippen LogP contribution is 2.29. The molecule has 0 fully saturated rings. The lowest BCUT2D eigenvalue weighted by Gasteiger charge is -2.29. The molecule has 96 valence electrons. The molecule has 0 bridgehead atoms. The standard InChI is InChI=1S/C13H20F2N2/c1-8(2)11(7-16)13(17-3)10-6-9(14)4-5-12(10)15/h4-6,8,11,13,17H,7,16H2,1-3H3. The highest BCUT2D eigenvalue weighted by Gasteiger charge is 2.26. The molecule has 1 aromatic rings. The number of hydrogen-bond acceptors (Lipinski definition) is 2. The smallest absolute Gasteiger partial charge is 0.128 e. The fourth-order valence-electron chi connectivity index (χ4n) is 2.15. The van der Waals surface area contributed by atoms with Gasteiger partial charge < -0.3 is 11.1 Å². The van der Waals surface area contributed by atoms with Crippen molar-refractivity contribution in [3.8, 4) is 0 Å². The van der Waals surface area contributed by atoms with Crippen LogP contribution in [0.5, 0.6) is 0 Å². The number of halogens is 2. The van der Waals surface area contributed by atoms with Crippen molar-refractivity contribution in [1.29, 1.82) is 0 Å². The van der Waals surface area contributed by atoms with Gasteiger partial charge in [0.05, 0.1) is 0 Å². The van der Waals surface area contributed by atoms with E-state index in [9.17, 15) is 8.78 Å². The first-order valence-corrected chi connectivity index (χ1v) is 5.83. The molecule has 0 aliphatic carbocycles. The third-order valence-electron chi connectivity index (χ3n) is 3.16. The molecule has 0 aromatic heterocycles. The van der Waals surface area contributed by atoms with E-state index in [1.165, 1.54) is 6.07 Å². The maximum atomic E-state index is 13.7. The number of benzene rings is 1. The Morgan fingerprint density at radius 3 is 2.41 bits per heavy atom. The molecule has 0 saturated heterocycles. The second kappa shape index (κ2) is 6.07. The largest absolute Gasteiger partial charge is 0.330 e. The Kier molecular flexibility index (Phi) is 5.02. The number of nitrogens with two attached hydrogens (primary N) is 1. The average Bonchev–Trinajstić information content (AvgIpc) is 2.28. The van der Waals surface area contributed by atoms with Gasteiger partial charge >= 0.3 is 0 Å². The topological polar surface area (TPSA) is 38.0 Å². The van der Waals surface area contributed by atoms with Gasteiger partial charge in [-0.05, 0) is 43.6 Å². The van der Waals surface area contributed by atoms with Crippen LogP contribution in [0, 0.1) is 23.5 Å². The van der Waals surface area contributed by atoms with Crippen LogP contribution in [0.1, 0.15) is 25.5 Å². The fourth-order valence-corrected chi connectivity index (χ4v) is 2.15. The molecule has 0 radical (unpaired) electrons. The summed E-state index contributed by atoms with van der Waals surface area (Å²) in [4.78, 5) is 0. The van der Waals surface area contributed by atoms with Crippen LogP contribution in [0.3, 0.4) is 0 Å². The molecule has 1 rings (SSSR count). The zero-order chi connectivity index (χ0) is 13.0. The van der Waals surface area contributed by atoms with E-state index in [1.54, 1.807) is 7.05 Å². The highest BCUT2D eigenvalue weighted by atomic mass is 19.1. The maximum Gasteiger partial charge on any atom is 0.128 e. The van der Waals surface area contributed by atoms with Crippen molar-refractivity contribution in [1.82, 2.24) is 5.32 Å². The lowest BCUT2D eigenvalue weighted by Crippen LogP contribution is -2.34. The van der Waals surface area contributed by atoms with Crippen LogP contribution in [0.15, 0.2) is 18.2 Å². The van der Waals surface area contributed by atoms with Crippen molar-refractivity contribution in [2.24, 2.45) is 17.6 Å². The summed E-state index contributed by atoms with van der Waals surface area (Å²) < 4.78 is 26.9. The molecule has 4 heteroatoms. The molecule has 0 amide bonds. The summed E-state index contributed by atoms with van der Waals surface area (Å²) in [5.74, 6) is -0.470. The Morgan fingerprint density at radius 1 is 1.29 bits per heavy atom. The van der Waals surface area contributed by atoms with Crippen LogP contribution in [-0.2, 0) is 0 Å². The Hall–Kier alpha value is -1.00. The second-order valence-electron chi connectivity index (χ2n) is 4.58. The summed E-state index contributed by atoms with van der Waals surface area (Å²) in [5.41, 5.74) is 6.06. The lowest BCUT2D eigenvalue weighted by molar-refractivity contribution is 0.292. The van der Waals surface area contributed by atoms with E-state index in [2.05, 4.69) is 5.32 Å². The van der Waals surface area contributed by atoms with Crippen LogP contribution in [-0.4, -0.2) is 13.6 Å². The van der Waals surface area contributed by atoms with Gasteiger partial charge in [0.2, 0.25) is 0 Å². The van der Waals surface area contributed by atoms with Gasteiger partial charge in [0, 0.05) is 11.6 Å². The summed E-state index contributed by atoms with van der Waals surface area (Å²) in [6.45, 7) is 4.48. The highest BCUT2D eigenvalue weighted by molar-refractivity contribution is 5.23. The predicted octanol–water partition coefficient (Wildman–Crippen LogP) is 2.46. The normalized spacial score (nSPS) is 15.0. The number of hydrogen-bond donors (Lipinski definition) is 2. The minimum atomic E-state index is -0.429. The van der Waals surface area contributed by atoms with Crippen LogP contribution in [0.25, 0.3) is 0 Å². The summed E-state index contributed by atoms with van der Waals surface area (Å²) in [7, 11) is 1.74. The van der Waals surface area contributed by atoms with Gasteiger partial charge in [-0.15, -0.1) is 0 Å². The molecule has 2 unspecified atom stereocenters. The molecule has 2 atom stereocenters. The molecule has 2 nitrogen and oxygen atoms in total. The Labute approximate surface area is 101 Å². The maximum absolute atomic E-state index is 13.7. The molecule has 0 spiro atoms. The van der Waals surface area contributed by atoms with E-state index in [1.807, 2.05) is 13.8 Å². The molecular weight excluding hydrogens is 222 g/mol. The van der Waals surface area contributed by atoms with Crippen molar-refractivity contribution in [3.05, 3.63) is 35.4 Å². The van der Waals surface area contributed by atoms with Crippen LogP contribution >= 0.6 is 0 Å². The summed E-state index contributed by atoms with van der Waals surface area (Å²) in [6.07, 6.45) is 0. The van der Waals surface area contributed by atoms with E-state index in [4.69, 9.17) is 5.73 Å². The van der Waals surface area contributed by atoms with E-state index >= 15 is 0 Å². The van der Waals surface area contributed by atoms with Gasteiger partial charge in [-0.3, -0.25) is 0 Å². The minimum Gasteiger partial charge on any atom is -0.330 e. The van der Waals surface area contributed by atoms with E-state index in [0.29, 0.717) is 18.0 Å². The van der Waals surface area contributed by atoms with Crippen molar-refractivity contribution >= 4 is 0 Å². The molecule has 0 saturated carbocycles. The third kappa shape index (κ3) is 3.23. The van der Waals surface area contributed by atoms with Gasteiger partial charge in [0.15, 0.2) is 0 Å². The molecule has 3 N–H and O–H groups in total. The Balaban J connectivity index is 3.11. The van der Waals surface area contributed by atoms with Crippen LogP contribution in [0.4, 0.5) is 8.78 Å². The van der Waals surface area contributed by atoms with Crippen molar-refractivity contribution < 1.29 is 8.78 Å². The summed E-state index contributed by atoms with van der Waals surface area (Å²) in [5, 5.41) is 3.03. The van der Waals surface area contributed by atoms with Gasteiger partial charge in [-0.1, -0.05) is 13.8 Å². The molecule has 0 aliphatic heterocycles. The van der Waals surface area contributed by atoms with E-state index < -0.39 is 11.6 Å². The van der Waals surface area contributed by atoms with E-state index in [0.717, 1.165) is 12.1 Å². The van der Waals surface area contributed by atoms with Crippen molar-refractivity contribution in [3.63, 3.8) is 0 Å². The van der Waals surface area contributed by atoms with Crippen LogP contribution < -0.4 is 11.1 Å². The lowest BCUT2D eigenvalue weighted by atomic mass is 9.84. The second-order valence-corrected chi connectivity index (χ2v) is 4.58. The quantitative estimate of drug-likeness (QED) is 0.832. The number of rotatable bonds is 5. The zero-order valence-electron chi connectivity index (χ0n) is 10.5. The zero-order valence-corrected chi connectivity index (χ0v) is 10.5. The average molecular weight is 242 g/mol. The molecule has 17 heavy (non-hydrogen) atoms. The fraction of sp³-hybridized carbons (Fsp3) is 0.538. The van der Waals surface area contributed by atoms with Gasteiger partial charge in [0.1, 0.15) is 11.6 Å². The van der Waals surface area contributed by atoms with Crippen molar-refractivity contribution in [2.75, 3.05) is 13.6 Å². The van der Waals surface area contributed by atoms with Crippen LogP contribution in [0.2, 0.25) is 0 Å². The predicted molar refractivity (Wildman–Crippen MR) is 65.5 cm³/mol. The summed E-state index contributed by atoms with van der Waals surface area (Å²) in [6, 6.07) is 3.25. The van der Waals surface area contributed by atoms with Gasteiger partial charge in [-0.25, -0.2) is 8.78 Å². The molecule has 0 aliphatic rings.